The molecule has 26 heavy (non-hydrogen) atoms. The van der Waals surface area contributed by atoms with Gasteiger partial charge in [0.05, 0.1) is 18.2 Å². The molecule has 0 radical (unpaired) electrons. The van der Waals surface area contributed by atoms with Crippen molar-refractivity contribution < 1.29 is 14.4 Å². The van der Waals surface area contributed by atoms with Gasteiger partial charge in [0, 0.05) is 43.0 Å². The number of primary amides is 1. The van der Waals surface area contributed by atoms with E-state index in [0.717, 1.165) is 11.3 Å². The summed E-state index contributed by atoms with van der Waals surface area (Å²) in [5.41, 5.74) is 7.81. The van der Waals surface area contributed by atoms with E-state index in [0.29, 0.717) is 11.3 Å². The summed E-state index contributed by atoms with van der Waals surface area (Å²) < 4.78 is 1.72. The zero-order valence-electron chi connectivity index (χ0n) is 14.9. The number of aromatic nitrogens is 2. The highest BCUT2D eigenvalue weighted by molar-refractivity contribution is 5.99. The Morgan fingerprint density at radius 1 is 1.31 bits per heavy atom. The summed E-state index contributed by atoms with van der Waals surface area (Å²) in [5.74, 6) is -1.49. The zero-order valence-corrected chi connectivity index (χ0v) is 14.9. The predicted molar refractivity (Wildman–Crippen MR) is 95.2 cm³/mol. The van der Waals surface area contributed by atoms with Crippen molar-refractivity contribution in [1.82, 2.24) is 14.7 Å². The number of nitrogens with zero attached hydrogens (tertiary/aromatic N) is 3. The maximum atomic E-state index is 12.9. The molecule has 2 heterocycles. The van der Waals surface area contributed by atoms with E-state index in [2.05, 4.69) is 10.4 Å². The number of likely N-dealkylation sites (tertiary alicyclic amines) is 1. The van der Waals surface area contributed by atoms with Crippen molar-refractivity contribution in [3.63, 3.8) is 0 Å². The van der Waals surface area contributed by atoms with Crippen molar-refractivity contribution >= 4 is 23.4 Å². The second-order valence-electron chi connectivity index (χ2n) is 6.50. The summed E-state index contributed by atoms with van der Waals surface area (Å²) in [6.07, 6.45) is 1.82. The minimum absolute atomic E-state index is 0.0933. The molecule has 0 aliphatic carbocycles. The SMILES string of the molecule is Cc1c(C2C(C(=O)Nc3cccc(C(N)=O)c3)CC(=O)N2C)cnn1C. The molecule has 1 fully saturated rings. The van der Waals surface area contributed by atoms with Crippen LogP contribution in [0.5, 0.6) is 0 Å². The predicted octanol–water partition coefficient (Wildman–Crippen LogP) is 0.986. The number of hydrogen-bond acceptors (Lipinski definition) is 4. The molecule has 1 aromatic heterocycles. The number of carbonyl (C=O) groups excluding carboxylic acids is 3. The van der Waals surface area contributed by atoms with Gasteiger partial charge < -0.3 is 16.0 Å². The third-order valence-electron chi connectivity index (χ3n) is 4.93. The van der Waals surface area contributed by atoms with Crippen molar-refractivity contribution in [1.29, 1.82) is 0 Å². The molecule has 1 aliphatic heterocycles. The van der Waals surface area contributed by atoms with Crippen molar-refractivity contribution in [3.05, 3.63) is 47.3 Å². The Bertz CT molecular complexity index is 889. The lowest BCUT2D eigenvalue weighted by Crippen LogP contribution is -2.30. The fraction of sp³-hybridized carbons (Fsp3) is 0.333. The first-order chi connectivity index (χ1) is 12.3. The Morgan fingerprint density at radius 3 is 2.65 bits per heavy atom. The molecule has 3 amide bonds. The molecule has 1 saturated heterocycles. The van der Waals surface area contributed by atoms with Gasteiger partial charge in [-0.05, 0) is 25.1 Å². The normalized spacial score (nSPS) is 19.7. The smallest absolute Gasteiger partial charge is 0.248 e. The van der Waals surface area contributed by atoms with E-state index in [-0.39, 0.29) is 24.3 Å². The zero-order chi connectivity index (χ0) is 19.0. The first kappa shape index (κ1) is 17.7. The Balaban J connectivity index is 1.87. The summed E-state index contributed by atoms with van der Waals surface area (Å²) >= 11 is 0. The van der Waals surface area contributed by atoms with Crippen molar-refractivity contribution in [3.8, 4) is 0 Å². The summed E-state index contributed by atoms with van der Waals surface area (Å²) in [6, 6.07) is 6.03. The lowest BCUT2D eigenvalue weighted by atomic mass is 9.93. The van der Waals surface area contributed by atoms with Gasteiger partial charge in [0.15, 0.2) is 0 Å². The van der Waals surface area contributed by atoms with Crippen molar-refractivity contribution in [2.75, 3.05) is 12.4 Å². The molecule has 3 rings (SSSR count). The van der Waals surface area contributed by atoms with Crippen LogP contribution in [0.2, 0.25) is 0 Å². The largest absolute Gasteiger partial charge is 0.366 e. The van der Waals surface area contributed by atoms with Crippen LogP contribution >= 0.6 is 0 Å². The molecular formula is C18H21N5O3. The average Bonchev–Trinajstić information content (AvgIpc) is 3.08. The van der Waals surface area contributed by atoms with E-state index in [1.807, 2.05) is 14.0 Å². The van der Waals surface area contributed by atoms with Gasteiger partial charge in [0.25, 0.3) is 0 Å². The van der Waals surface area contributed by atoms with Crippen LogP contribution in [0.4, 0.5) is 5.69 Å². The van der Waals surface area contributed by atoms with Crippen LogP contribution in [-0.2, 0) is 16.6 Å². The quantitative estimate of drug-likeness (QED) is 0.852. The van der Waals surface area contributed by atoms with Gasteiger partial charge in [-0.1, -0.05) is 6.07 Å². The van der Waals surface area contributed by atoms with Gasteiger partial charge in [0.2, 0.25) is 17.7 Å². The monoisotopic (exact) mass is 355 g/mol. The highest BCUT2D eigenvalue weighted by atomic mass is 16.2. The standard InChI is InChI=1S/C18H21N5O3/c1-10-14(9-20-23(10)3)16-13(8-15(24)22(16)2)18(26)21-12-6-4-5-11(7-12)17(19)25/h4-7,9,13,16H,8H2,1-3H3,(H2,19,25)(H,21,26). The summed E-state index contributed by atoms with van der Waals surface area (Å²) in [4.78, 5) is 38.0. The van der Waals surface area contributed by atoms with E-state index in [9.17, 15) is 14.4 Å². The number of hydrogen-bond donors (Lipinski definition) is 2. The van der Waals surface area contributed by atoms with E-state index in [4.69, 9.17) is 5.73 Å². The van der Waals surface area contributed by atoms with E-state index >= 15 is 0 Å². The number of rotatable bonds is 4. The number of benzene rings is 1. The Morgan fingerprint density at radius 2 is 2.04 bits per heavy atom. The molecule has 136 valence electrons. The summed E-state index contributed by atoms with van der Waals surface area (Å²) in [7, 11) is 3.51. The van der Waals surface area contributed by atoms with Gasteiger partial charge >= 0.3 is 0 Å². The molecule has 1 aliphatic rings. The number of nitrogens with one attached hydrogen (secondary N) is 1. The number of aryl methyl sites for hydroxylation is 1. The second kappa shape index (κ2) is 6.62. The maximum Gasteiger partial charge on any atom is 0.248 e. The van der Waals surface area contributed by atoms with Crippen LogP contribution in [0, 0.1) is 12.8 Å². The van der Waals surface area contributed by atoms with Crippen molar-refractivity contribution in [2.24, 2.45) is 18.7 Å². The second-order valence-corrected chi connectivity index (χ2v) is 6.50. The van der Waals surface area contributed by atoms with Crippen LogP contribution in [0.3, 0.4) is 0 Å². The molecule has 8 nitrogen and oxygen atoms in total. The molecule has 3 N–H and O–H groups in total. The van der Waals surface area contributed by atoms with Gasteiger partial charge in [0.1, 0.15) is 0 Å². The molecule has 8 heteroatoms. The molecule has 0 saturated carbocycles. The fourth-order valence-electron chi connectivity index (χ4n) is 3.32. The third-order valence-corrected chi connectivity index (χ3v) is 4.93. The van der Waals surface area contributed by atoms with Gasteiger partial charge in [-0.2, -0.15) is 5.10 Å². The number of amides is 3. The number of anilines is 1. The minimum Gasteiger partial charge on any atom is -0.366 e. The van der Waals surface area contributed by atoms with Crippen LogP contribution in [-0.4, -0.2) is 39.4 Å². The first-order valence-electron chi connectivity index (χ1n) is 8.24. The van der Waals surface area contributed by atoms with Gasteiger partial charge in [-0.25, -0.2) is 0 Å². The summed E-state index contributed by atoms with van der Waals surface area (Å²) in [5, 5.41) is 7.02. The van der Waals surface area contributed by atoms with E-state index < -0.39 is 11.8 Å². The number of carbonyl (C=O) groups is 3. The van der Waals surface area contributed by atoms with Crippen LogP contribution in [0.15, 0.2) is 30.5 Å². The minimum atomic E-state index is -0.569. The van der Waals surface area contributed by atoms with Gasteiger partial charge in [-0.3, -0.25) is 19.1 Å². The topological polar surface area (TPSA) is 110 Å². The third kappa shape index (κ3) is 3.05. The molecular weight excluding hydrogens is 334 g/mol. The molecule has 0 bridgehead atoms. The highest BCUT2D eigenvalue weighted by Gasteiger charge is 2.44. The van der Waals surface area contributed by atoms with Crippen LogP contribution in [0.25, 0.3) is 0 Å². The molecule has 2 aromatic rings. The molecule has 2 atom stereocenters. The van der Waals surface area contributed by atoms with E-state index in [1.165, 1.54) is 6.07 Å². The average molecular weight is 355 g/mol. The highest BCUT2D eigenvalue weighted by Crippen LogP contribution is 2.38. The van der Waals surface area contributed by atoms with Crippen molar-refractivity contribution in [2.45, 2.75) is 19.4 Å². The Labute approximate surface area is 151 Å². The molecule has 2 unspecified atom stereocenters. The molecule has 0 spiro atoms. The lowest BCUT2D eigenvalue weighted by Gasteiger charge is -2.24. The van der Waals surface area contributed by atoms with Gasteiger partial charge in [-0.15, -0.1) is 0 Å². The first-order valence-corrected chi connectivity index (χ1v) is 8.24. The summed E-state index contributed by atoms with van der Waals surface area (Å²) in [6.45, 7) is 1.91. The Kier molecular flexibility index (Phi) is 4.50. The fourth-order valence-corrected chi connectivity index (χ4v) is 3.32. The molecule has 1 aromatic carbocycles. The lowest BCUT2D eigenvalue weighted by molar-refractivity contribution is -0.128. The van der Waals surface area contributed by atoms with Crippen LogP contribution < -0.4 is 11.1 Å². The Hall–Kier alpha value is -3.16. The van der Waals surface area contributed by atoms with E-state index in [1.54, 1.807) is 41.0 Å². The van der Waals surface area contributed by atoms with Crippen LogP contribution in [0.1, 0.15) is 34.1 Å². The number of nitrogens with two attached hydrogens (primary N) is 1. The maximum absolute atomic E-state index is 12.9.